The Morgan fingerprint density at radius 3 is 2.33 bits per heavy atom. The van der Waals surface area contributed by atoms with Gasteiger partial charge in [-0.1, -0.05) is 48.0 Å². The zero-order valence-electron chi connectivity index (χ0n) is 15.2. The van der Waals surface area contributed by atoms with Gasteiger partial charge >= 0.3 is 12.1 Å². The molecule has 0 bridgehead atoms. The summed E-state index contributed by atoms with van der Waals surface area (Å²) in [6, 6.07) is 15.6. The smallest absolute Gasteiger partial charge is 0.417 e. The lowest BCUT2D eigenvalue weighted by atomic mass is 10.1. The zero-order chi connectivity index (χ0) is 21.7. The minimum absolute atomic E-state index is 0.0166. The number of hydrogen-bond acceptors (Lipinski definition) is 4. The van der Waals surface area contributed by atoms with Gasteiger partial charge in [-0.25, -0.2) is 9.78 Å². The molecule has 2 aromatic carbocycles. The molecular weight excluding hydrogens is 421 g/mol. The van der Waals surface area contributed by atoms with E-state index in [2.05, 4.69) is 10.3 Å². The average molecular weight is 435 g/mol. The summed E-state index contributed by atoms with van der Waals surface area (Å²) in [7, 11) is 0. The summed E-state index contributed by atoms with van der Waals surface area (Å²) < 4.78 is 44.5. The Labute approximate surface area is 174 Å². The highest BCUT2D eigenvalue weighted by Crippen LogP contribution is 2.36. The number of ether oxygens (including phenoxy) is 1. The van der Waals surface area contributed by atoms with Crippen molar-refractivity contribution >= 4 is 29.2 Å². The molecule has 1 atom stereocenters. The number of hydrogen-bond donors (Lipinski definition) is 1. The topological polar surface area (TPSA) is 68.3 Å². The number of carbonyl (C=O) groups excluding carboxylic acids is 2. The molecule has 1 heterocycles. The number of anilines is 1. The van der Waals surface area contributed by atoms with E-state index in [0.717, 1.165) is 6.07 Å². The molecule has 1 unspecified atom stereocenters. The van der Waals surface area contributed by atoms with Gasteiger partial charge in [0.1, 0.15) is 5.69 Å². The number of pyridine rings is 1. The van der Waals surface area contributed by atoms with Gasteiger partial charge in [-0.15, -0.1) is 0 Å². The lowest BCUT2D eigenvalue weighted by Crippen LogP contribution is -2.26. The van der Waals surface area contributed by atoms with Gasteiger partial charge in [0.05, 0.1) is 10.6 Å². The van der Waals surface area contributed by atoms with Crippen molar-refractivity contribution in [2.75, 3.05) is 5.32 Å². The molecule has 0 saturated carbocycles. The third kappa shape index (κ3) is 5.15. The van der Waals surface area contributed by atoms with Gasteiger partial charge in [-0.2, -0.15) is 13.2 Å². The summed E-state index contributed by atoms with van der Waals surface area (Å²) in [5, 5.41) is 1.84. The predicted octanol–water partition coefficient (Wildman–Crippen LogP) is 5.29. The van der Waals surface area contributed by atoms with Crippen molar-refractivity contribution in [2.45, 2.75) is 12.3 Å². The number of nitrogens with zero attached hydrogens (tertiary/aromatic N) is 1. The molecule has 1 aromatic heterocycles. The van der Waals surface area contributed by atoms with Crippen molar-refractivity contribution in [3.8, 4) is 0 Å². The van der Waals surface area contributed by atoms with Crippen LogP contribution in [0.4, 0.5) is 18.9 Å². The van der Waals surface area contributed by atoms with E-state index in [0.29, 0.717) is 11.6 Å². The minimum Gasteiger partial charge on any atom is -0.443 e. The number of aromatic nitrogens is 1. The van der Waals surface area contributed by atoms with E-state index in [1.54, 1.807) is 42.5 Å². The van der Waals surface area contributed by atoms with E-state index in [4.69, 9.17) is 16.3 Å². The van der Waals surface area contributed by atoms with Crippen LogP contribution in [0, 0.1) is 0 Å². The molecular formula is C21H14ClF3N2O3. The predicted molar refractivity (Wildman–Crippen MR) is 104 cm³/mol. The Morgan fingerprint density at radius 2 is 1.70 bits per heavy atom. The van der Waals surface area contributed by atoms with Crippen LogP contribution in [-0.2, 0) is 15.7 Å². The molecule has 0 spiro atoms. The van der Waals surface area contributed by atoms with Crippen molar-refractivity contribution in [1.29, 1.82) is 0 Å². The van der Waals surface area contributed by atoms with Crippen LogP contribution < -0.4 is 5.32 Å². The second-order valence-corrected chi connectivity index (χ2v) is 6.50. The third-order valence-electron chi connectivity index (χ3n) is 3.98. The fourth-order valence-corrected chi connectivity index (χ4v) is 2.80. The molecule has 0 aliphatic heterocycles. The van der Waals surface area contributed by atoms with Crippen LogP contribution in [0.15, 0.2) is 72.9 Å². The van der Waals surface area contributed by atoms with Crippen LogP contribution >= 0.6 is 11.6 Å². The first-order valence-corrected chi connectivity index (χ1v) is 8.98. The quantitative estimate of drug-likeness (QED) is 0.554. The normalized spacial score (nSPS) is 12.1. The van der Waals surface area contributed by atoms with Crippen molar-refractivity contribution in [1.82, 2.24) is 4.98 Å². The van der Waals surface area contributed by atoms with E-state index in [-0.39, 0.29) is 11.4 Å². The molecule has 1 N–H and O–H groups in total. The first-order chi connectivity index (χ1) is 14.3. The number of esters is 1. The van der Waals surface area contributed by atoms with E-state index in [1.807, 2.05) is 0 Å². The molecule has 0 fully saturated rings. The van der Waals surface area contributed by atoms with E-state index >= 15 is 0 Å². The highest BCUT2D eigenvalue weighted by molar-refractivity contribution is 6.31. The van der Waals surface area contributed by atoms with Crippen molar-refractivity contribution in [2.24, 2.45) is 0 Å². The Morgan fingerprint density at radius 1 is 1.00 bits per heavy atom. The minimum atomic E-state index is -4.69. The molecule has 3 aromatic rings. The van der Waals surface area contributed by atoms with Crippen LogP contribution in [0.1, 0.15) is 27.7 Å². The van der Waals surface area contributed by atoms with Gasteiger partial charge in [-0.05, 0) is 30.3 Å². The van der Waals surface area contributed by atoms with Crippen LogP contribution in [0.2, 0.25) is 5.02 Å². The van der Waals surface area contributed by atoms with Gasteiger partial charge in [0.2, 0.25) is 6.10 Å². The number of halogens is 4. The summed E-state index contributed by atoms with van der Waals surface area (Å²) in [5.41, 5.74) is -0.920. The van der Waals surface area contributed by atoms with E-state index < -0.39 is 34.7 Å². The number of benzene rings is 2. The second-order valence-electron chi connectivity index (χ2n) is 6.09. The zero-order valence-corrected chi connectivity index (χ0v) is 15.9. The first-order valence-electron chi connectivity index (χ1n) is 8.60. The van der Waals surface area contributed by atoms with E-state index in [1.165, 1.54) is 18.3 Å². The summed E-state index contributed by atoms with van der Waals surface area (Å²) in [6.45, 7) is 0. The van der Waals surface area contributed by atoms with Crippen LogP contribution in [0.25, 0.3) is 0 Å². The Kier molecular flexibility index (Phi) is 6.37. The fraction of sp³-hybridized carbons (Fsp3) is 0.0952. The fourth-order valence-electron chi connectivity index (χ4n) is 2.58. The Balaban J connectivity index is 1.87. The number of carbonyl (C=O) groups is 2. The van der Waals surface area contributed by atoms with Gasteiger partial charge in [0, 0.05) is 17.4 Å². The van der Waals surface area contributed by atoms with E-state index in [9.17, 15) is 22.8 Å². The number of rotatable bonds is 5. The highest BCUT2D eigenvalue weighted by Gasteiger charge is 2.34. The highest BCUT2D eigenvalue weighted by atomic mass is 35.5. The number of amides is 1. The molecule has 0 aliphatic carbocycles. The van der Waals surface area contributed by atoms with Crippen LogP contribution in [0.3, 0.4) is 0 Å². The summed E-state index contributed by atoms with van der Waals surface area (Å²) in [6.07, 6.45) is -4.71. The molecule has 154 valence electrons. The molecule has 5 nitrogen and oxygen atoms in total. The summed E-state index contributed by atoms with van der Waals surface area (Å²) in [4.78, 5) is 29.1. The number of alkyl halides is 3. The lowest BCUT2D eigenvalue weighted by Gasteiger charge is -2.18. The third-order valence-corrected chi connectivity index (χ3v) is 4.31. The molecule has 0 aliphatic rings. The SMILES string of the molecule is O=C(OC(C(=O)Nc1ccc(Cl)c(C(F)(F)F)c1)c1ccccc1)c1ccccn1. The standard InChI is InChI=1S/C21H14ClF3N2O3/c22-16-10-9-14(12-15(16)21(23,24)25)27-19(28)18(13-6-2-1-3-7-13)30-20(29)17-8-4-5-11-26-17/h1-12,18H,(H,27,28). The maximum Gasteiger partial charge on any atom is 0.417 e. The second kappa shape index (κ2) is 8.96. The monoisotopic (exact) mass is 434 g/mol. The van der Waals surface area contributed by atoms with Gasteiger partial charge < -0.3 is 10.1 Å². The molecule has 0 radical (unpaired) electrons. The van der Waals surface area contributed by atoms with Gasteiger partial charge in [0.15, 0.2) is 0 Å². The summed E-state index contributed by atoms with van der Waals surface area (Å²) in [5.74, 6) is -1.69. The average Bonchev–Trinajstić information content (AvgIpc) is 2.73. The lowest BCUT2D eigenvalue weighted by molar-refractivity contribution is -0.137. The maximum absolute atomic E-state index is 13.1. The first kappa shape index (κ1) is 21.3. The Bertz CT molecular complexity index is 1040. The van der Waals surface area contributed by atoms with Gasteiger partial charge in [0.25, 0.3) is 5.91 Å². The van der Waals surface area contributed by atoms with Gasteiger partial charge in [-0.3, -0.25) is 4.79 Å². The van der Waals surface area contributed by atoms with Crippen molar-refractivity contribution in [3.63, 3.8) is 0 Å². The maximum atomic E-state index is 13.1. The molecule has 9 heteroatoms. The molecule has 1 amide bonds. The molecule has 3 rings (SSSR count). The molecule has 30 heavy (non-hydrogen) atoms. The summed E-state index contributed by atoms with van der Waals surface area (Å²) >= 11 is 5.60. The van der Waals surface area contributed by atoms with Crippen LogP contribution in [-0.4, -0.2) is 16.9 Å². The van der Waals surface area contributed by atoms with Crippen LogP contribution in [0.5, 0.6) is 0 Å². The van der Waals surface area contributed by atoms with Crippen molar-refractivity contribution < 1.29 is 27.5 Å². The van der Waals surface area contributed by atoms with Crippen molar-refractivity contribution in [3.05, 3.63) is 94.8 Å². The molecule has 0 saturated heterocycles. The number of nitrogens with one attached hydrogen (secondary N) is 1. The largest absolute Gasteiger partial charge is 0.443 e. The Hall–Kier alpha value is -3.39.